The van der Waals surface area contributed by atoms with Gasteiger partial charge in [-0.15, -0.1) is 10.9 Å². The third-order valence-electron chi connectivity index (χ3n) is 0.996. The number of rotatable bonds is 7. The van der Waals surface area contributed by atoms with Crippen molar-refractivity contribution in [2.24, 2.45) is 0 Å². The van der Waals surface area contributed by atoms with Crippen LogP contribution < -0.4 is 10.9 Å². The minimum absolute atomic E-state index is 0.228. The molecule has 0 unspecified atom stereocenters. The molecule has 0 aliphatic carbocycles. The van der Waals surface area contributed by atoms with Crippen molar-refractivity contribution in [3.05, 3.63) is 30.3 Å². The normalized spacial score (nSPS) is 8.86. The molecule has 0 rings (SSSR count). The van der Waals surface area contributed by atoms with E-state index < -0.39 is 28.4 Å². The topological polar surface area (TPSA) is 157 Å². The van der Waals surface area contributed by atoms with Gasteiger partial charge in [0.05, 0.1) is 0 Å². The van der Waals surface area contributed by atoms with Gasteiger partial charge in [0.1, 0.15) is 0 Å². The molecule has 0 aromatic heterocycles. The number of nitro groups is 3. The molecule has 0 fully saturated rings. The molecule has 12 heteroatoms. The van der Waals surface area contributed by atoms with Crippen molar-refractivity contribution >= 4 is 0 Å². The number of hydrogen-bond acceptors (Lipinski definition) is 6. The van der Waals surface area contributed by atoms with Gasteiger partial charge in [-0.25, -0.2) is 30.3 Å². The highest BCUT2D eigenvalue weighted by Crippen LogP contribution is 1.82. The maximum absolute atomic E-state index is 10.1. The minimum atomic E-state index is -1.01. The Morgan fingerprint density at radius 2 is 1.29 bits per heavy atom. The van der Waals surface area contributed by atoms with E-state index in [-0.39, 0.29) is 5.01 Å². The van der Waals surface area contributed by atoms with E-state index in [1.807, 2.05) is 0 Å². The summed E-state index contributed by atoms with van der Waals surface area (Å²) in [6.07, 6.45) is 0. The largest absolute Gasteiger partial charge is 0.235 e. The van der Waals surface area contributed by atoms with E-state index >= 15 is 0 Å². The first-order chi connectivity index (χ1) is 6.43. The molecular formula is C2H6N6O6. The second-order valence-electron chi connectivity index (χ2n) is 1.89. The standard InChI is InChI=1S/C2H6N6O6/c9-6(10)3-1-5(8(13)14)2-4-7(11)12/h3-4H,1-2H2. The Bertz CT molecular complexity index is 222. The summed E-state index contributed by atoms with van der Waals surface area (Å²) in [6, 6.07) is 0. The Morgan fingerprint density at radius 3 is 1.50 bits per heavy atom. The molecule has 0 bridgehead atoms. The van der Waals surface area contributed by atoms with Crippen LogP contribution in [-0.2, 0) is 0 Å². The Morgan fingerprint density at radius 1 is 0.929 bits per heavy atom. The van der Waals surface area contributed by atoms with Crippen LogP contribution >= 0.6 is 0 Å². The van der Waals surface area contributed by atoms with Crippen LogP contribution in [0.25, 0.3) is 0 Å². The molecule has 12 nitrogen and oxygen atoms in total. The maximum atomic E-state index is 10.1. The molecule has 80 valence electrons. The average Bonchev–Trinajstić information content (AvgIpc) is 2.02. The van der Waals surface area contributed by atoms with E-state index in [0.29, 0.717) is 0 Å². The zero-order valence-electron chi connectivity index (χ0n) is 6.65. The lowest BCUT2D eigenvalue weighted by Crippen LogP contribution is -2.46. The summed E-state index contributed by atoms with van der Waals surface area (Å²) in [5.74, 6) is 0. The Labute approximate surface area is 75.8 Å². The average molecular weight is 210 g/mol. The quantitative estimate of drug-likeness (QED) is 0.274. The van der Waals surface area contributed by atoms with Gasteiger partial charge in [0.25, 0.3) is 0 Å². The summed E-state index contributed by atoms with van der Waals surface area (Å²) in [4.78, 5) is 29.6. The van der Waals surface area contributed by atoms with Crippen molar-refractivity contribution in [2.75, 3.05) is 13.3 Å². The monoisotopic (exact) mass is 210 g/mol. The van der Waals surface area contributed by atoms with Gasteiger partial charge in [-0.2, -0.15) is 0 Å². The lowest BCUT2D eigenvalue weighted by Gasteiger charge is -2.09. The van der Waals surface area contributed by atoms with E-state index in [1.54, 1.807) is 0 Å². The van der Waals surface area contributed by atoms with Crippen LogP contribution in [0.5, 0.6) is 0 Å². The summed E-state index contributed by atoms with van der Waals surface area (Å²) < 4.78 is 0. The van der Waals surface area contributed by atoms with E-state index in [4.69, 9.17) is 0 Å². The van der Waals surface area contributed by atoms with Crippen LogP contribution in [-0.4, -0.2) is 33.4 Å². The second kappa shape index (κ2) is 5.28. The smallest absolute Gasteiger partial charge is 0.207 e. The van der Waals surface area contributed by atoms with Gasteiger partial charge in [0.15, 0.2) is 15.1 Å². The first kappa shape index (κ1) is 11.6. The van der Waals surface area contributed by atoms with Crippen LogP contribution in [0.4, 0.5) is 0 Å². The molecule has 0 spiro atoms. The fourth-order valence-corrected chi connectivity index (χ4v) is 0.450. The van der Waals surface area contributed by atoms with Crippen molar-refractivity contribution in [2.45, 2.75) is 0 Å². The van der Waals surface area contributed by atoms with Crippen LogP contribution in [0.3, 0.4) is 0 Å². The molecule has 0 saturated heterocycles. The molecule has 0 amide bonds. The van der Waals surface area contributed by atoms with Gasteiger partial charge in [0.2, 0.25) is 13.3 Å². The summed E-state index contributed by atoms with van der Waals surface area (Å²) >= 11 is 0. The molecule has 0 aromatic carbocycles. The fraction of sp³-hybridized carbons (Fsp3) is 1.00. The maximum Gasteiger partial charge on any atom is 0.207 e. The zero-order valence-corrected chi connectivity index (χ0v) is 6.65. The van der Waals surface area contributed by atoms with Crippen molar-refractivity contribution in [3.8, 4) is 0 Å². The number of hydrazine groups is 3. The molecule has 0 heterocycles. The highest BCUT2D eigenvalue weighted by atomic mass is 16.7. The number of nitrogens with zero attached hydrogens (tertiary/aromatic N) is 4. The zero-order chi connectivity index (χ0) is 11.1. The molecule has 0 saturated carbocycles. The van der Waals surface area contributed by atoms with E-state index in [2.05, 4.69) is 0 Å². The molecule has 0 aliphatic heterocycles. The predicted octanol–water partition coefficient (Wildman–Crippen LogP) is -2.04. The fourth-order valence-electron chi connectivity index (χ4n) is 0.450. The second-order valence-corrected chi connectivity index (χ2v) is 1.89. The molecule has 0 aliphatic rings. The summed E-state index contributed by atoms with van der Waals surface area (Å²) in [7, 11) is 0. The first-order valence-electron chi connectivity index (χ1n) is 3.08. The molecular weight excluding hydrogens is 204 g/mol. The first-order valence-corrected chi connectivity index (χ1v) is 3.08. The third kappa shape index (κ3) is 5.28. The minimum Gasteiger partial charge on any atom is -0.235 e. The van der Waals surface area contributed by atoms with Gasteiger partial charge in [-0.3, -0.25) is 0 Å². The lowest BCUT2D eigenvalue weighted by molar-refractivity contribution is -0.684. The van der Waals surface area contributed by atoms with E-state index in [1.165, 1.54) is 10.9 Å². The van der Waals surface area contributed by atoms with Crippen molar-refractivity contribution in [1.29, 1.82) is 0 Å². The van der Waals surface area contributed by atoms with Crippen LogP contribution in [0, 0.1) is 30.3 Å². The van der Waals surface area contributed by atoms with Gasteiger partial charge in [-0.05, 0) is 0 Å². The van der Waals surface area contributed by atoms with Crippen molar-refractivity contribution in [1.82, 2.24) is 15.9 Å². The van der Waals surface area contributed by atoms with Crippen molar-refractivity contribution in [3.63, 3.8) is 0 Å². The van der Waals surface area contributed by atoms with Gasteiger partial charge in [-0.1, -0.05) is 5.01 Å². The number of nitrogens with one attached hydrogen (secondary N) is 2. The molecule has 2 N–H and O–H groups in total. The highest BCUT2D eigenvalue weighted by molar-refractivity contribution is 4.31. The Kier molecular flexibility index (Phi) is 4.38. The lowest BCUT2D eigenvalue weighted by atomic mass is 10.9. The van der Waals surface area contributed by atoms with Crippen LogP contribution in [0.2, 0.25) is 0 Å². The summed E-state index contributed by atoms with van der Waals surface area (Å²) in [5, 5.41) is 26.9. The van der Waals surface area contributed by atoms with Crippen LogP contribution in [0.15, 0.2) is 0 Å². The third-order valence-corrected chi connectivity index (χ3v) is 0.996. The van der Waals surface area contributed by atoms with Gasteiger partial charge in [0, 0.05) is 0 Å². The summed E-state index contributed by atoms with van der Waals surface area (Å²) in [5.41, 5.74) is 2.99. The van der Waals surface area contributed by atoms with Gasteiger partial charge < -0.3 is 0 Å². The number of hydrogen-bond donors (Lipinski definition) is 2. The SMILES string of the molecule is O=[N+]([O-])NCN(CN[N+](=O)[O-])[N+](=O)[O-]. The molecule has 14 heavy (non-hydrogen) atoms. The highest BCUT2D eigenvalue weighted by Gasteiger charge is 2.17. The van der Waals surface area contributed by atoms with E-state index in [0.717, 1.165) is 0 Å². The molecule has 0 radical (unpaired) electrons. The van der Waals surface area contributed by atoms with Gasteiger partial charge >= 0.3 is 0 Å². The van der Waals surface area contributed by atoms with Crippen molar-refractivity contribution < 1.29 is 15.1 Å². The van der Waals surface area contributed by atoms with E-state index in [9.17, 15) is 30.3 Å². The molecule has 0 atom stereocenters. The molecule has 0 aromatic rings. The predicted molar refractivity (Wildman–Crippen MR) is 38.8 cm³/mol. The Balaban J connectivity index is 3.96. The Hall–Kier alpha value is -2.40. The van der Waals surface area contributed by atoms with Crippen LogP contribution in [0.1, 0.15) is 0 Å². The summed E-state index contributed by atoms with van der Waals surface area (Å²) in [6.45, 7) is -1.50.